The van der Waals surface area contributed by atoms with Crippen LogP contribution in [0, 0.1) is 6.92 Å². The van der Waals surface area contributed by atoms with Gasteiger partial charge in [0.1, 0.15) is 31.3 Å². The number of rotatable bonds is 6. The van der Waals surface area contributed by atoms with E-state index in [1.54, 1.807) is 34.4 Å². The number of pyridine rings is 2. The van der Waals surface area contributed by atoms with E-state index in [4.69, 9.17) is 27.2 Å². The summed E-state index contributed by atoms with van der Waals surface area (Å²) in [5, 5.41) is 69.8. The lowest BCUT2D eigenvalue weighted by molar-refractivity contribution is -0.168. The number of anilines is 3. The first-order chi connectivity index (χ1) is 21.3. The van der Waals surface area contributed by atoms with Crippen molar-refractivity contribution in [3.63, 3.8) is 0 Å². The molecule has 4 heterocycles. The molecule has 45 heavy (non-hydrogen) atoms. The number of amides is 1. The number of H-pyrrole nitrogens is 1. The molecule has 1 amide bonds. The minimum Gasteiger partial charge on any atom is -0.505 e. The van der Waals surface area contributed by atoms with Crippen LogP contribution >= 0.6 is 0 Å². The zero-order valence-corrected chi connectivity index (χ0v) is 24.3. The Bertz CT molecular complexity index is 1810. The lowest BCUT2D eigenvalue weighted by atomic mass is 9.88. The van der Waals surface area contributed by atoms with Crippen LogP contribution in [0.3, 0.4) is 0 Å². The van der Waals surface area contributed by atoms with E-state index in [9.17, 15) is 35.1 Å². The maximum atomic E-state index is 12.6. The SMILES string of the molecule is COC1CC(OC)C1O.NC=O.[B]c1c(O)c(-n2c(O)c(Nc3cc(NC)n4ncc(C)c4n3)c(O)c(O)c2=O)[nH]c(=O)c1O. The molecule has 1 saturated carbocycles. The number of ether oxygens (including phenoxy) is 2. The summed E-state index contributed by atoms with van der Waals surface area (Å²) in [4.78, 5) is 39.3. The number of carbonyl (C=O) groups is 1. The van der Waals surface area contributed by atoms with Gasteiger partial charge >= 0.3 is 5.56 Å². The predicted octanol–water partition coefficient (Wildman–Crippen LogP) is -2.13. The lowest BCUT2D eigenvalue weighted by Crippen LogP contribution is -2.52. The third-order valence-corrected chi connectivity index (χ3v) is 6.70. The van der Waals surface area contributed by atoms with Crippen LogP contribution in [0.1, 0.15) is 12.0 Å². The fourth-order valence-corrected chi connectivity index (χ4v) is 4.18. The van der Waals surface area contributed by atoms with Crippen molar-refractivity contribution in [3.05, 3.63) is 38.5 Å². The number of methoxy groups -OCH3 is 2. The topological polar surface area (TPSA) is 292 Å². The summed E-state index contributed by atoms with van der Waals surface area (Å²) in [5.74, 6) is -5.48. The number of carbonyl (C=O) groups excluding carboxylic acids is 1. The Balaban J connectivity index is 0.000000387. The van der Waals surface area contributed by atoms with E-state index in [1.807, 2.05) is 4.98 Å². The largest absolute Gasteiger partial charge is 0.505 e. The van der Waals surface area contributed by atoms with Crippen molar-refractivity contribution < 1.29 is 44.9 Å². The first-order valence-corrected chi connectivity index (χ1v) is 12.8. The Kier molecular flexibility index (Phi) is 10.5. The van der Waals surface area contributed by atoms with Crippen molar-refractivity contribution in [2.75, 3.05) is 31.9 Å². The molecule has 11 N–H and O–H groups in total. The van der Waals surface area contributed by atoms with Crippen molar-refractivity contribution in [2.45, 2.75) is 31.7 Å². The van der Waals surface area contributed by atoms with Gasteiger partial charge in [-0.2, -0.15) is 9.61 Å². The van der Waals surface area contributed by atoms with Gasteiger partial charge in [0.05, 0.1) is 18.4 Å². The smallest absolute Gasteiger partial charge is 0.305 e. The number of hydrogen-bond acceptors (Lipinski definition) is 15. The zero-order valence-electron chi connectivity index (χ0n) is 24.3. The summed E-state index contributed by atoms with van der Waals surface area (Å²) in [5.41, 5.74) is 1.35. The number of hydrogen-bond donors (Lipinski definition) is 10. The van der Waals surface area contributed by atoms with E-state index in [-0.39, 0.29) is 29.0 Å². The Morgan fingerprint density at radius 3 is 2.22 bits per heavy atom. The molecule has 1 fully saturated rings. The molecule has 1 aliphatic rings. The van der Waals surface area contributed by atoms with Gasteiger partial charge in [-0.25, -0.2) is 9.55 Å². The van der Waals surface area contributed by atoms with Crippen molar-refractivity contribution in [1.82, 2.24) is 24.1 Å². The fourth-order valence-electron chi connectivity index (χ4n) is 4.18. The fraction of sp³-hybridized carbons (Fsp3) is 0.320. The van der Waals surface area contributed by atoms with Crippen LogP contribution in [0.15, 0.2) is 21.9 Å². The number of aliphatic hydroxyl groups excluding tert-OH is 1. The summed E-state index contributed by atoms with van der Waals surface area (Å²) in [6.45, 7) is 1.76. The van der Waals surface area contributed by atoms with E-state index in [0.29, 0.717) is 17.0 Å². The quantitative estimate of drug-likeness (QED) is 0.0804. The molecule has 5 rings (SSSR count). The monoisotopic (exact) mass is 630 g/mol. The second kappa shape index (κ2) is 13.9. The van der Waals surface area contributed by atoms with Crippen LogP contribution < -0.4 is 32.9 Å². The van der Waals surface area contributed by atoms with Gasteiger partial charge in [-0.1, -0.05) is 0 Å². The van der Waals surface area contributed by atoms with Crippen LogP contribution in [0.4, 0.5) is 17.3 Å². The second-order valence-electron chi connectivity index (χ2n) is 9.33. The van der Waals surface area contributed by atoms with Gasteiger partial charge in [0, 0.05) is 39.3 Å². The minimum absolute atomic E-state index is 0.00468. The highest BCUT2D eigenvalue weighted by Gasteiger charge is 2.40. The summed E-state index contributed by atoms with van der Waals surface area (Å²) in [6, 6.07) is 1.46. The normalized spacial score (nSPS) is 16.9. The molecule has 1 aliphatic carbocycles. The highest BCUT2D eigenvalue weighted by Crippen LogP contribution is 2.41. The number of aryl methyl sites for hydroxylation is 1. The van der Waals surface area contributed by atoms with E-state index >= 15 is 0 Å². The molecule has 0 aromatic carbocycles. The molecule has 0 spiro atoms. The number of primary amides is 1. The van der Waals surface area contributed by atoms with Crippen LogP contribution in [0.5, 0.6) is 28.9 Å². The summed E-state index contributed by atoms with van der Waals surface area (Å²) < 4.78 is 11.6. The number of nitrogens with one attached hydrogen (secondary N) is 3. The molecule has 0 bridgehead atoms. The summed E-state index contributed by atoms with van der Waals surface area (Å²) >= 11 is 0. The first kappa shape index (κ1) is 34.0. The molecule has 19 nitrogen and oxygen atoms in total. The van der Waals surface area contributed by atoms with Gasteiger partial charge in [0.15, 0.2) is 28.7 Å². The number of fused-ring (bicyclic) bond motifs is 1. The summed E-state index contributed by atoms with van der Waals surface area (Å²) in [6.07, 6.45) is 2.21. The van der Waals surface area contributed by atoms with Gasteiger partial charge in [0.2, 0.25) is 18.0 Å². The van der Waals surface area contributed by atoms with Crippen LogP contribution in [-0.2, 0) is 14.3 Å². The van der Waals surface area contributed by atoms with Crippen LogP contribution in [-0.4, -0.2) is 109 Å². The third kappa shape index (κ3) is 6.42. The maximum Gasteiger partial charge on any atom is 0.305 e. The Hall–Kier alpha value is -5.47. The van der Waals surface area contributed by atoms with E-state index in [0.717, 1.165) is 6.42 Å². The number of nitrogens with zero attached hydrogens (tertiary/aromatic N) is 4. The molecule has 4 aromatic heterocycles. The standard InChI is InChI=1S/C18H16BN7O7.C6H12O3.CH3NO/c1-5-4-21-26-7(20-2)3-6(23-14(5)26)22-9-12(29)13(30)18(33)25(17(9)32)15-10(27)8(19)11(28)16(31)24-15;1-8-4-3-5(9-2)6(4)7;2-1-3/h3-4,20,27-30,32H,1-2H3,(H,22,23)(H,24,31);4-7H,3H2,1-2H3;1H,(H2,2,3). The molecular weight excluding hydrogens is 599 g/mol. The average molecular weight is 630 g/mol. The number of aromatic amines is 1. The predicted molar refractivity (Wildman–Crippen MR) is 159 cm³/mol. The molecule has 2 unspecified atom stereocenters. The maximum absolute atomic E-state index is 12.6. The number of nitrogens with two attached hydrogens (primary N) is 1. The van der Waals surface area contributed by atoms with Gasteiger partial charge in [-0.15, -0.1) is 0 Å². The number of aliphatic hydroxyl groups is 1. The van der Waals surface area contributed by atoms with E-state index in [2.05, 4.69) is 26.4 Å². The van der Waals surface area contributed by atoms with Gasteiger partial charge in [-0.3, -0.25) is 14.4 Å². The van der Waals surface area contributed by atoms with Crippen LogP contribution in [0.2, 0.25) is 0 Å². The molecule has 240 valence electrons. The van der Waals surface area contributed by atoms with Gasteiger partial charge < -0.3 is 61.5 Å². The van der Waals surface area contributed by atoms with E-state index in [1.165, 1.54) is 10.6 Å². The molecule has 2 radical (unpaired) electrons. The van der Waals surface area contributed by atoms with Crippen molar-refractivity contribution in [2.24, 2.45) is 5.73 Å². The van der Waals surface area contributed by atoms with E-state index < -0.39 is 63.1 Å². The Labute approximate surface area is 254 Å². The highest BCUT2D eigenvalue weighted by molar-refractivity contribution is 6.36. The minimum atomic E-state index is -1.41. The van der Waals surface area contributed by atoms with Crippen LogP contribution in [0.25, 0.3) is 11.5 Å². The molecule has 2 atom stereocenters. The number of aromatic nitrogens is 5. The average Bonchev–Trinajstić information content (AvgIpc) is 3.40. The molecule has 0 aliphatic heterocycles. The molecular formula is C25H31BN8O11. The molecule has 0 saturated heterocycles. The van der Waals surface area contributed by atoms with Crippen molar-refractivity contribution in [1.29, 1.82) is 0 Å². The second-order valence-corrected chi connectivity index (χ2v) is 9.33. The molecule has 20 heteroatoms. The first-order valence-electron chi connectivity index (χ1n) is 12.8. The Morgan fingerprint density at radius 2 is 1.69 bits per heavy atom. The molecule has 4 aromatic rings. The third-order valence-electron chi connectivity index (χ3n) is 6.70. The van der Waals surface area contributed by atoms with Gasteiger partial charge in [-0.05, 0) is 12.4 Å². The van der Waals surface area contributed by atoms with Crippen molar-refractivity contribution >= 4 is 42.7 Å². The highest BCUT2D eigenvalue weighted by atomic mass is 16.5. The van der Waals surface area contributed by atoms with Crippen molar-refractivity contribution in [3.8, 4) is 34.7 Å². The Morgan fingerprint density at radius 1 is 1.09 bits per heavy atom. The number of aromatic hydroxyl groups is 5. The lowest BCUT2D eigenvalue weighted by Gasteiger charge is -2.38. The summed E-state index contributed by atoms with van der Waals surface area (Å²) in [7, 11) is 10.3. The van der Waals surface area contributed by atoms with Gasteiger partial charge in [0.25, 0.3) is 5.56 Å². The zero-order chi connectivity index (χ0) is 33.7.